The first-order chi connectivity index (χ1) is 14.7. The molecule has 0 unspecified atom stereocenters. The Morgan fingerprint density at radius 3 is 2.83 bits per heavy atom. The number of nitrogens with zero attached hydrogens (tertiary/aromatic N) is 4. The van der Waals surface area contributed by atoms with Crippen LogP contribution >= 0.6 is 11.6 Å². The summed E-state index contributed by atoms with van der Waals surface area (Å²) < 4.78 is 12.9. The summed E-state index contributed by atoms with van der Waals surface area (Å²) in [6.45, 7) is 2.57. The molecule has 1 saturated carbocycles. The molecule has 5 rings (SSSR count). The van der Waals surface area contributed by atoms with Gasteiger partial charge in [0.05, 0.1) is 23.3 Å². The monoisotopic (exact) mass is 424 g/mol. The van der Waals surface area contributed by atoms with Crippen LogP contribution in [0.3, 0.4) is 0 Å². The van der Waals surface area contributed by atoms with E-state index in [2.05, 4.69) is 5.10 Å². The Balaban J connectivity index is 1.57. The maximum atomic E-state index is 13.4. The molecule has 8 heteroatoms. The molecule has 0 saturated heterocycles. The SMILES string of the molecule is CCn1cc(Cl)c(C(=O)N2N=C3/C(=C\c4ccco4)CCC[C@@H]3[C@H]2c2ccco2)n1. The van der Waals surface area contributed by atoms with Crippen LogP contribution < -0.4 is 0 Å². The predicted molar refractivity (Wildman–Crippen MR) is 112 cm³/mol. The lowest BCUT2D eigenvalue weighted by Crippen LogP contribution is -2.32. The molecule has 1 fully saturated rings. The number of furan rings is 2. The summed E-state index contributed by atoms with van der Waals surface area (Å²) in [5.41, 5.74) is 2.19. The maximum absolute atomic E-state index is 13.4. The summed E-state index contributed by atoms with van der Waals surface area (Å²) in [5.74, 6) is 1.20. The number of rotatable bonds is 4. The fourth-order valence-corrected chi connectivity index (χ4v) is 4.49. The molecule has 3 aromatic heterocycles. The van der Waals surface area contributed by atoms with E-state index < -0.39 is 0 Å². The zero-order chi connectivity index (χ0) is 20.7. The highest BCUT2D eigenvalue weighted by atomic mass is 35.5. The van der Waals surface area contributed by atoms with Crippen molar-refractivity contribution in [3.63, 3.8) is 0 Å². The fraction of sp³-hybridized carbons (Fsp3) is 0.318. The van der Waals surface area contributed by atoms with E-state index >= 15 is 0 Å². The van der Waals surface area contributed by atoms with Gasteiger partial charge in [-0.3, -0.25) is 9.48 Å². The van der Waals surface area contributed by atoms with E-state index in [0.717, 1.165) is 36.3 Å². The van der Waals surface area contributed by atoms with Gasteiger partial charge in [0.25, 0.3) is 5.91 Å². The van der Waals surface area contributed by atoms with Crippen molar-refractivity contribution in [1.29, 1.82) is 0 Å². The molecular weight excluding hydrogens is 404 g/mol. The molecule has 2 atom stereocenters. The van der Waals surface area contributed by atoms with Crippen molar-refractivity contribution in [2.24, 2.45) is 11.0 Å². The van der Waals surface area contributed by atoms with Crippen molar-refractivity contribution in [2.75, 3.05) is 0 Å². The quantitative estimate of drug-likeness (QED) is 0.578. The van der Waals surface area contributed by atoms with Gasteiger partial charge in [-0.05, 0) is 62.1 Å². The number of allylic oxidation sites excluding steroid dienone is 1. The Hall–Kier alpha value is -3.06. The second-order valence-electron chi connectivity index (χ2n) is 7.46. The van der Waals surface area contributed by atoms with Crippen molar-refractivity contribution in [2.45, 2.75) is 38.8 Å². The van der Waals surface area contributed by atoms with Gasteiger partial charge >= 0.3 is 0 Å². The summed E-state index contributed by atoms with van der Waals surface area (Å²) in [4.78, 5) is 13.4. The lowest BCUT2D eigenvalue weighted by Gasteiger charge is -2.27. The van der Waals surface area contributed by atoms with Crippen LogP contribution in [0.25, 0.3) is 6.08 Å². The third-order valence-electron chi connectivity index (χ3n) is 5.65. The van der Waals surface area contributed by atoms with E-state index in [4.69, 9.17) is 25.5 Å². The minimum absolute atomic E-state index is 0.0436. The van der Waals surface area contributed by atoms with Crippen molar-refractivity contribution in [1.82, 2.24) is 14.8 Å². The number of aromatic nitrogens is 2. The topological polar surface area (TPSA) is 76.8 Å². The molecule has 1 amide bonds. The van der Waals surface area contributed by atoms with Crippen LogP contribution in [-0.4, -0.2) is 26.4 Å². The first-order valence-corrected chi connectivity index (χ1v) is 10.5. The number of hydrogen-bond donors (Lipinski definition) is 0. The normalized spacial score (nSPS) is 22.4. The van der Waals surface area contributed by atoms with Gasteiger partial charge in [-0.2, -0.15) is 10.2 Å². The minimum atomic E-state index is -0.328. The van der Waals surface area contributed by atoms with Gasteiger partial charge in [0.15, 0.2) is 5.69 Å². The van der Waals surface area contributed by atoms with Gasteiger partial charge in [0.2, 0.25) is 0 Å². The molecule has 0 spiro atoms. The van der Waals surface area contributed by atoms with Crippen LogP contribution in [0.2, 0.25) is 5.02 Å². The number of carbonyl (C=O) groups is 1. The minimum Gasteiger partial charge on any atom is -0.467 e. The molecular formula is C22H21ClN4O3. The molecule has 4 heterocycles. The zero-order valence-electron chi connectivity index (χ0n) is 16.5. The summed E-state index contributed by atoms with van der Waals surface area (Å²) in [6, 6.07) is 7.16. The standard InChI is InChI=1S/C22H21ClN4O3/c1-2-26-13-17(23)20(24-26)22(28)27-21(18-9-5-11-30-18)16-8-3-6-14(19(16)25-27)12-15-7-4-10-29-15/h4-5,7,9-13,16,21H,2-3,6,8H2,1H3/b14-12-/t16-,21-/m0/s1. The van der Waals surface area contributed by atoms with Crippen LogP contribution in [0.5, 0.6) is 0 Å². The van der Waals surface area contributed by atoms with Gasteiger partial charge in [-0.15, -0.1) is 0 Å². The number of fused-ring (bicyclic) bond motifs is 1. The molecule has 30 heavy (non-hydrogen) atoms. The molecule has 0 radical (unpaired) electrons. The van der Waals surface area contributed by atoms with Crippen molar-refractivity contribution in [3.05, 3.63) is 70.8 Å². The Morgan fingerprint density at radius 2 is 2.13 bits per heavy atom. The van der Waals surface area contributed by atoms with Gasteiger partial charge in [-0.1, -0.05) is 11.6 Å². The second-order valence-corrected chi connectivity index (χ2v) is 7.87. The molecule has 0 N–H and O–H groups in total. The van der Waals surface area contributed by atoms with Gasteiger partial charge in [0, 0.05) is 18.7 Å². The van der Waals surface area contributed by atoms with E-state index in [1.807, 2.05) is 37.3 Å². The maximum Gasteiger partial charge on any atom is 0.296 e. The van der Waals surface area contributed by atoms with Gasteiger partial charge in [0.1, 0.15) is 17.6 Å². The molecule has 3 aromatic rings. The largest absolute Gasteiger partial charge is 0.467 e. The smallest absolute Gasteiger partial charge is 0.296 e. The van der Waals surface area contributed by atoms with Crippen molar-refractivity contribution in [3.8, 4) is 0 Å². The molecule has 1 aliphatic heterocycles. The lowest BCUT2D eigenvalue weighted by molar-refractivity contribution is 0.0649. The summed E-state index contributed by atoms with van der Waals surface area (Å²) in [5, 5.41) is 10.9. The molecule has 2 aliphatic rings. The van der Waals surface area contributed by atoms with Gasteiger partial charge < -0.3 is 8.83 Å². The predicted octanol–water partition coefficient (Wildman–Crippen LogP) is 5.18. The van der Waals surface area contributed by atoms with E-state index in [9.17, 15) is 4.79 Å². The van der Waals surface area contributed by atoms with E-state index in [0.29, 0.717) is 17.3 Å². The number of halogens is 1. The Kier molecular flexibility index (Phi) is 4.83. The first kappa shape index (κ1) is 18.9. The van der Waals surface area contributed by atoms with Crippen LogP contribution in [-0.2, 0) is 6.54 Å². The number of hydrazone groups is 1. The second kappa shape index (κ2) is 7.65. The Labute approximate surface area is 178 Å². The van der Waals surface area contributed by atoms with Gasteiger partial charge in [-0.25, -0.2) is 5.01 Å². The molecule has 1 aliphatic carbocycles. The summed E-state index contributed by atoms with van der Waals surface area (Å²) >= 11 is 6.32. The average Bonchev–Trinajstić information content (AvgIpc) is 3.53. The third kappa shape index (κ3) is 3.19. The molecule has 0 bridgehead atoms. The number of carbonyl (C=O) groups excluding carboxylic acids is 1. The molecule has 154 valence electrons. The van der Waals surface area contributed by atoms with E-state index in [1.54, 1.807) is 23.4 Å². The average molecular weight is 425 g/mol. The Morgan fingerprint density at radius 1 is 1.30 bits per heavy atom. The fourth-order valence-electron chi connectivity index (χ4n) is 4.26. The summed E-state index contributed by atoms with van der Waals surface area (Å²) in [7, 11) is 0. The third-order valence-corrected chi connectivity index (χ3v) is 5.92. The first-order valence-electron chi connectivity index (χ1n) is 10.1. The van der Waals surface area contributed by atoms with Crippen LogP contribution in [0.4, 0.5) is 0 Å². The van der Waals surface area contributed by atoms with E-state index in [1.165, 1.54) is 5.01 Å². The number of aryl methyl sites for hydroxylation is 1. The highest BCUT2D eigenvalue weighted by Gasteiger charge is 2.46. The number of hydrogen-bond acceptors (Lipinski definition) is 5. The van der Waals surface area contributed by atoms with Crippen LogP contribution in [0, 0.1) is 5.92 Å². The van der Waals surface area contributed by atoms with Crippen molar-refractivity contribution < 1.29 is 13.6 Å². The van der Waals surface area contributed by atoms with Crippen LogP contribution in [0.1, 0.15) is 54.2 Å². The number of amides is 1. The van der Waals surface area contributed by atoms with Crippen molar-refractivity contribution >= 4 is 29.3 Å². The van der Waals surface area contributed by atoms with E-state index in [-0.39, 0.29) is 23.6 Å². The highest BCUT2D eigenvalue weighted by Crippen LogP contribution is 2.45. The zero-order valence-corrected chi connectivity index (χ0v) is 17.2. The summed E-state index contributed by atoms with van der Waals surface area (Å²) in [6.07, 6.45) is 9.75. The highest BCUT2D eigenvalue weighted by molar-refractivity contribution is 6.33. The van der Waals surface area contributed by atoms with Crippen LogP contribution in [0.15, 0.2) is 62.5 Å². The Bertz CT molecular complexity index is 1110. The lowest BCUT2D eigenvalue weighted by atomic mass is 9.79. The molecule has 7 nitrogen and oxygen atoms in total. The molecule has 0 aromatic carbocycles.